The topological polar surface area (TPSA) is 96.0 Å². The van der Waals surface area contributed by atoms with Gasteiger partial charge in [-0.1, -0.05) is 13.8 Å². The molecule has 2 rings (SSSR count). The molecule has 8 nitrogen and oxygen atoms in total. The largest absolute Gasteiger partial charge is 0.465 e. The van der Waals surface area contributed by atoms with Crippen molar-refractivity contribution in [2.75, 3.05) is 44.5 Å². The summed E-state index contributed by atoms with van der Waals surface area (Å²) in [6, 6.07) is 10.7. The van der Waals surface area contributed by atoms with Crippen LogP contribution in [-0.2, 0) is 14.8 Å². The number of carbonyl (C=O) groups excluding carboxylic acids is 2. The Hall–Kier alpha value is -2.91. The van der Waals surface area contributed by atoms with Gasteiger partial charge in [-0.15, -0.1) is 0 Å². The van der Waals surface area contributed by atoms with Gasteiger partial charge in [0.2, 0.25) is 10.0 Å². The molecule has 9 heteroatoms. The van der Waals surface area contributed by atoms with E-state index in [2.05, 4.69) is 10.1 Å². The van der Waals surface area contributed by atoms with Crippen LogP contribution in [0, 0.1) is 0 Å². The number of amides is 1. The van der Waals surface area contributed by atoms with Crippen LogP contribution in [0.3, 0.4) is 0 Å². The van der Waals surface area contributed by atoms with Gasteiger partial charge in [0, 0.05) is 32.7 Å². The van der Waals surface area contributed by atoms with E-state index in [1.165, 1.54) is 47.8 Å². The van der Waals surface area contributed by atoms with Crippen LogP contribution in [0.15, 0.2) is 47.4 Å². The molecule has 1 amide bonds. The fraction of sp³-hybridized carbons (Fsp3) is 0.333. The Bertz CT molecular complexity index is 1010. The molecule has 0 aromatic heterocycles. The van der Waals surface area contributed by atoms with E-state index in [0.29, 0.717) is 35.6 Å². The maximum atomic E-state index is 12.9. The first-order valence-electron chi connectivity index (χ1n) is 9.46. The zero-order valence-corrected chi connectivity index (χ0v) is 18.6. The minimum atomic E-state index is -3.67. The molecule has 0 bridgehead atoms. The Kier molecular flexibility index (Phi) is 7.58. The third-order valence-corrected chi connectivity index (χ3v) is 6.66. The normalized spacial score (nSPS) is 11.3. The molecule has 0 radical (unpaired) electrons. The molecule has 0 spiro atoms. The number of hydrogen-bond donors (Lipinski definition) is 1. The van der Waals surface area contributed by atoms with Crippen molar-refractivity contribution in [3.05, 3.63) is 53.6 Å². The van der Waals surface area contributed by atoms with Crippen molar-refractivity contribution in [1.29, 1.82) is 0 Å². The Balaban J connectivity index is 2.39. The fourth-order valence-electron chi connectivity index (χ4n) is 2.95. The van der Waals surface area contributed by atoms with E-state index >= 15 is 0 Å². The van der Waals surface area contributed by atoms with Gasteiger partial charge < -0.3 is 15.0 Å². The van der Waals surface area contributed by atoms with Gasteiger partial charge >= 0.3 is 5.97 Å². The van der Waals surface area contributed by atoms with Crippen molar-refractivity contribution in [3.63, 3.8) is 0 Å². The van der Waals surface area contributed by atoms with Crippen LogP contribution in [0.25, 0.3) is 0 Å². The number of rotatable bonds is 8. The monoisotopic (exact) mass is 433 g/mol. The summed E-state index contributed by atoms with van der Waals surface area (Å²) in [6.07, 6.45) is 0. The van der Waals surface area contributed by atoms with E-state index in [4.69, 9.17) is 0 Å². The van der Waals surface area contributed by atoms with Gasteiger partial charge in [-0.05, 0) is 42.5 Å². The fourth-order valence-corrected chi connectivity index (χ4v) is 4.43. The van der Waals surface area contributed by atoms with Gasteiger partial charge in [0.05, 0.1) is 28.9 Å². The number of esters is 1. The van der Waals surface area contributed by atoms with E-state index in [0.717, 1.165) is 0 Å². The molecule has 0 heterocycles. The van der Waals surface area contributed by atoms with Crippen molar-refractivity contribution < 1.29 is 22.7 Å². The second-order valence-corrected chi connectivity index (χ2v) is 8.62. The molecule has 0 atom stereocenters. The third-order valence-electron chi connectivity index (χ3n) is 4.61. The lowest BCUT2D eigenvalue weighted by Crippen LogP contribution is -2.30. The van der Waals surface area contributed by atoms with Gasteiger partial charge in [-0.3, -0.25) is 4.79 Å². The Labute approximate surface area is 177 Å². The Morgan fingerprint density at radius 2 is 1.53 bits per heavy atom. The second-order valence-electron chi connectivity index (χ2n) is 6.69. The number of anilines is 2. The number of hydrogen-bond acceptors (Lipinski definition) is 6. The number of methoxy groups -OCH3 is 1. The van der Waals surface area contributed by atoms with Gasteiger partial charge in [0.15, 0.2) is 0 Å². The highest BCUT2D eigenvalue weighted by Crippen LogP contribution is 2.29. The standard InChI is InChI=1S/C21H27N3O5S/c1-6-24(7-2)30(27,28)17-12-13-19(23(3)4)18(14-17)22-20(25)15-8-10-16(11-9-15)21(26)29-5/h8-14H,6-7H2,1-5H3,(H,22,25). The molecule has 0 aliphatic rings. The molecule has 2 aromatic rings. The summed E-state index contributed by atoms with van der Waals surface area (Å²) in [7, 11) is 1.21. The van der Waals surface area contributed by atoms with Crippen LogP contribution in [0.5, 0.6) is 0 Å². The molecule has 162 valence electrons. The summed E-state index contributed by atoms with van der Waals surface area (Å²) in [6.45, 7) is 4.25. The molecule has 0 aliphatic heterocycles. The highest BCUT2D eigenvalue weighted by molar-refractivity contribution is 7.89. The molecule has 0 saturated carbocycles. The number of nitrogens with one attached hydrogen (secondary N) is 1. The summed E-state index contributed by atoms with van der Waals surface area (Å²) in [5, 5.41) is 2.78. The SMILES string of the molecule is CCN(CC)S(=O)(=O)c1ccc(N(C)C)c(NC(=O)c2ccc(C(=O)OC)cc2)c1. The summed E-state index contributed by atoms with van der Waals surface area (Å²) in [5.74, 6) is -0.918. The first kappa shape index (κ1) is 23.4. The van der Waals surface area contributed by atoms with Crippen LogP contribution in [0.4, 0.5) is 11.4 Å². The summed E-state index contributed by atoms with van der Waals surface area (Å²) < 4.78 is 31.7. The van der Waals surface area contributed by atoms with E-state index in [9.17, 15) is 18.0 Å². The average molecular weight is 434 g/mol. The minimum absolute atomic E-state index is 0.105. The van der Waals surface area contributed by atoms with Gasteiger partial charge in [0.25, 0.3) is 5.91 Å². The first-order valence-corrected chi connectivity index (χ1v) is 10.9. The van der Waals surface area contributed by atoms with Gasteiger partial charge in [-0.2, -0.15) is 4.31 Å². The summed E-state index contributed by atoms with van der Waals surface area (Å²) in [4.78, 5) is 26.2. The van der Waals surface area contributed by atoms with Crippen molar-refractivity contribution in [1.82, 2.24) is 4.31 Å². The lowest BCUT2D eigenvalue weighted by Gasteiger charge is -2.22. The van der Waals surface area contributed by atoms with Gasteiger partial charge in [-0.25, -0.2) is 13.2 Å². The van der Waals surface area contributed by atoms with Crippen molar-refractivity contribution in [2.24, 2.45) is 0 Å². The number of benzene rings is 2. The Morgan fingerprint density at radius 3 is 2.03 bits per heavy atom. The molecule has 30 heavy (non-hydrogen) atoms. The van der Waals surface area contributed by atoms with Crippen LogP contribution in [0.2, 0.25) is 0 Å². The number of ether oxygens (including phenoxy) is 1. The first-order chi connectivity index (χ1) is 14.1. The van der Waals surface area contributed by atoms with Crippen molar-refractivity contribution in [3.8, 4) is 0 Å². The number of nitrogens with zero attached hydrogens (tertiary/aromatic N) is 2. The lowest BCUT2D eigenvalue weighted by molar-refractivity contribution is 0.0600. The second kappa shape index (κ2) is 9.73. The molecule has 0 saturated heterocycles. The van der Waals surface area contributed by atoms with E-state index in [-0.39, 0.29) is 4.90 Å². The molecular formula is C21H27N3O5S. The molecule has 0 unspecified atom stereocenters. The van der Waals surface area contributed by atoms with Crippen molar-refractivity contribution >= 4 is 33.3 Å². The summed E-state index contributed by atoms with van der Waals surface area (Å²) >= 11 is 0. The smallest absolute Gasteiger partial charge is 0.337 e. The predicted octanol–water partition coefficient (Wildman–Crippen LogP) is 2.82. The average Bonchev–Trinajstić information content (AvgIpc) is 2.73. The van der Waals surface area contributed by atoms with Crippen LogP contribution >= 0.6 is 0 Å². The minimum Gasteiger partial charge on any atom is -0.465 e. The zero-order chi connectivity index (χ0) is 22.5. The van der Waals surface area contributed by atoms with Crippen LogP contribution < -0.4 is 10.2 Å². The molecular weight excluding hydrogens is 406 g/mol. The van der Waals surface area contributed by atoms with Crippen LogP contribution in [-0.4, -0.2) is 58.9 Å². The Morgan fingerprint density at radius 1 is 0.967 bits per heavy atom. The quantitative estimate of drug-likeness (QED) is 0.643. The van der Waals surface area contributed by atoms with E-state index < -0.39 is 21.9 Å². The molecule has 2 aromatic carbocycles. The number of sulfonamides is 1. The highest BCUT2D eigenvalue weighted by atomic mass is 32.2. The van der Waals surface area contributed by atoms with Crippen molar-refractivity contribution in [2.45, 2.75) is 18.7 Å². The van der Waals surface area contributed by atoms with Crippen LogP contribution in [0.1, 0.15) is 34.6 Å². The number of carbonyl (C=O) groups is 2. The molecule has 0 aliphatic carbocycles. The highest BCUT2D eigenvalue weighted by Gasteiger charge is 2.23. The third kappa shape index (κ3) is 4.98. The van der Waals surface area contributed by atoms with E-state index in [1.807, 2.05) is 0 Å². The summed E-state index contributed by atoms with van der Waals surface area (Å²) in [5.41, 5.74) is 1.68. The maximum Gasteiger partial charge on any atom is 0.337 e. The van der Waals surface area contributed by atoms with E-state index in [1.54, 1.807) is 38.9 Å². The molecule has 1 N–H and O–H groups in total. The zero-order valence-electron chi connectivity index (χ0n) is 17.8. The van der Waals surface area contributed by atoms with Gasteiger partial charge in [0.1, 0.15) is 0 Å². The molecule has 0 fully saturated rings. The maximum absolute atomic E-state index is 12.9. The lowest BCUT2D eigenvalue weighted by atomic mass is 10.1. The predicted molar refractivity (Wildman–Crippen MR) is 117 cm³/mol.